The van der Waals surface area contributed by atoms with Crippen LogP contribution in [-0.2, 0) is 0 Å². The lowest BCUT2D eigenvalue weighted by molar-refractivity contribution is 0.481. The monoisotopic (exact) mass is 483 g/mol. The van der Waals surface area contributed by atoms with E-state index in [-0.39, 0.29) is 5.92 Å². The SMILES string of the molecule is S=C(Nc1ccc(Oc2ccccc2)cc1)N1CC(c2ccc(Cl)cc2)C(c2ccccc2)=N1. The molecule has 34 heavy (non-hydrogen) atoms. The third-order valence-corrected chi connectivity index (χ3v) is 6.14. The summed E-state index contributed by atoms with van der Waals surface area (Å²) in [6, 6.07) is 35.6. The molecule has 4 aromatic carbocycles. The first-order chi connectivity index (χ1) is 16.7. The molecule has 1 unspecified atom stereocenters. The second kappa shape index (κ2) is 10.1. The molecular weight excluding hydrogens is 462 g/mol. The van der Waals surface area contributed by atoms with Crippen molar-refractivity contribution in [2.45, 2.75) is 5.92 Å². The Bertz CT molecular complexity index is 1290. The Labute approximate surface area is 209 Å². The first kappa shape index (κ1) is 22.1. The fraction of sp³-hybridized carbons (Fsp3) is 0.0714. The van der Waals surface area contributed by atoms with Gasteiger partial charge >= 0.3 is 0 Å². The van der Waals surface area contributed by atoms with Crippen LogP contribution in [-0.4, -0.2) is 22.4 Å². The zero-order valence-electron chi connectivity index (χ0n) is 18.3. The van der Waals surface area contributed by atoms with Crippen LogP contribution in [0.25, 0.3) is 0 Å². The van der Waals surface area contributed by atoms with E-state index in [1.165, 1.54) is 0 Å². The number of para-hydroxylation sites is 1. The number of benzene rings is 4. The molecule has 6 heteroatoms. The highest BCUT2D eigenvalue weighted by Crippen LogP contribution is 2.30. The number of hydrogen-bond acceptors (Lipinski definition) is 3. The van der Waals surface area contributed by atoms with Crippen molar-refractivity contribution in [3.63, 3.8) is 0 Å². The third-order valence-electron chi connectivity index (χ3n) is 5.57. The van der Waals surface area contributed by atoms with E-state index in [0.717, 1.165) is 34.0 Å². The van der Waals surface area contributed by atoms with Gasteiger partial charge in [0.15, 0.2) is 5.11 Å². The molecule has 0 bridgehead atoms. The van der Waals surface area contributed by atoms with Crippen molar-refractivity contribution in [1.82, 2.24) is 5.01 Å². The van der Waals surface area contributed by atoms with Gasteiger partial charge in [0.25, 0.3) is 0 Å². The van der Waals surface area contributed by atoms with Gasteiger partial charge in [-0.15, -0.1) is 0 Å². The third kappa shape index (κ3) is 5.11. The van der Waals surface area contributed by atoms with Gasteiger partial charge in [0.2, 0.25) is 0 Å². The Balaban J connectivity index is 1.32. The van der Waals surface area contributed by atoms with Crippen LogP contribution < -0.4 is 10.1 Å². The van der Waals surface area contributed by atoms with Crippen molar-refractivity contribution in [2.24, 2.45) is 5.10 Å². The predicted octanol–water partition coefficient (Wildman–Crippen LogP) is 7.33. The highest BCUT2D eigenvalue weighted by atomic mass is 35.5. The molecule has 0 aliphatic carbocycles. The summed E-state index contributed by atoms with van der Waals surface area (Å²) in [7, 11) is 0. The summed E-state index contributed by atoms with van der Waals surface area (Å²) >= 11 is 11.8. The zero-order chi connectivity index (χ0) is 23.3. The standard InChI is InChI=1S/C28H22ClN3OS/c29-22-13-11-20(12-14-22)26-19-32(31-27(26)21-7-3-1-4-8-21)28(34)30-23-15-17-25(18-16-23)33-24-9-5-2-6-10-24/h1-18,26H,19H2,(H,30,34). The number of halogens is 1. The number of nitrogens with one attached hydrogen (secondary N) is 1. The maximum absolute atomic E-state index is 6.12. The summed E-state index contributed by atoms with van der Waals surface area (Å²) in [5.74, 6) is 1.64. The predicted molar refractivity (Wildman–Crippen MR) is 143 cm³/mol. The molecule has 0 radical (unpaired) electrons. The molecule has 0 amide bonds. The molecule has 4 nitrogen and oxygen atoms in total. The largest absolute Gasteiger partial charge is 0.457 e. The number of nitrogens with zero attached hydrogens (tertiary/aromatic N) is 2. The summed E-state index contributed by atoms with van der Waals surface area (Å²) in [6.45, 7) is 0.646. The molecule has 168 valence electrons. The minimum atomic E-state index is 0.0843. The van der Waals surface area contributed by atoms with Gasteiger partial charge in [-0.05, 0) is 71.9 Å². The summed E-state index contributed by atoms with van der Waals surface area (Å²) in [4.78, 5) is 0. The zero-order valence-corrected chi connectivity index (χ0v) is 19.8. The van der Waals surface area contributed by atoms with Crippen LogP contribution in [0.15, 0.2) is 114 Å². The normalized spacial score (nSPS) is 15.0. The van der Waals surface area contributed by atoms with Crippen LogP contribution in [0.2, 0.25) is 5.02 Å². The van der Waals surface area contributed by atoms with E-state index >= 15 is 0 Å². The molecule has 1 atom stereocenters. The van der Waals surface area contributed by atoms with Gasteiger partial charge < -0.3 is 10.1 Å². The molecule has 0 saturated carbocycles. The first-order valence-electron chi connectivity index (χ1n) is 11.0. The second-order valence-corrected chi connectivity index (χ2v) is 8.73. The number of rotatable bonds is 5. The van der Waals surface area contributed by atoms with E-state index in [1.807, 2.05) is 89.9 Å². The van der Waals surface area contributed by atoms with Gasteiger partial charge in [-0.1, -0.05) is 72.3 Å². The van der Waals surface area contributed by atoms with Crippen molar-refractivity contribution in [1.29, 1.82) is 0 Å². The minimum Gasteiger partial charge on any atom is -0.457 e. The average Bonchev–Trinajstić information content (AvgIpc) is 3.33. The van der Waals surface area contributed by atoms with E-state index < -0.39 is 0 Å². The van der Waals surface area contributed by atoms with E-state index in [2.05, 4.69) is 29.6 Å². The van der Waals surface area contributed by atoms with Crippen molar-refractivity contribution >= 4 is 40.3 Å². The summed E-state index contributed by atoms with van der Waals surface area (Å²) in [5.41, 5.74) is 4.09. The molecule has 0 aromatic heterocycles. The molecule has 1 aliphatic heterocycles. The fourth-order valence-corrected chi connectivity index (χ4v) is 4.23. The maximum atomic E-state index is 6.12. The summed E-state index contributed by atoms with van der Waals surface area (Å²) < 4.78 is 5.87. The van der Waals surface area contributed by atoms with Crippen molar-refractivity contribution < 1.29 is 4.74 Å². The average molecular weight is 484 g/mol. The second-order valence-electron chi connectivity index (χ2n) is 7.91. The Morgan fingerprint density at radius 2 is 1.44 bits per heavy atom. The molecule has 1 N–H and O–H groups in total. The van der Waals surface area contributed by atoms with Crippen LogP contribution in [0.5, 0.6) is 11.5 Å². The maximum Gasteiger partial charge on any atom is 0.194 e. The van der Waals surface area contributed by atoms with Crippen LogP contribution in [0.4, 0.5) is 5.69 Å². The van der Waals surface area contributed by atoms with Gasteiger partial charge in [0.1, 0.15) is 11.5 Å². The fourth-order valence-electron chi connectivity index (χ4n) is 3.87. The summed E-state index contributed by atoms with van der Waals surface area (Å²) in [5, 5.41) is 11.3. The van der Waals surface area contributed by atoms with Gasteiger partial charge in [0.05, 0.1) is 12.3 Å². The van der Waals surface area contributed by atoms with Crippen LogP contribution in [0.3, 0.4) is 0 Å². The molecule has 4 aromatic rings. The lowest BCUT2D eigenvalue weighted by atomic mass is 9.91. The van der Waals surface area contributed by atoms with E-state index in [0.29, 0.717) is 16.7 Å². The van der Waals surface area contributed by atoms with Gasteiger partial charge in [-0.2, -0.15) is 5.10 Å². The van der Waals surface area contributed by atoms with Crippen molar-refractivity contribution in [3.05, 3.63) is 125 Å². The Kier molecular flexibility index (Phi) is 6.56. The molecular formula is C28H22ClN3OS. The van der Waals surface area contributed by atoms with Crippen molar-refractivity contribution in [3.8, 4) is 11.5 Å². The Hall–Kier alpha value is -3.67. The molecule has 1 heterocycles. The van der Waals surface area contributed by atoms with Gasteiger partial charge in [0, 0.05) is 16.6 Å². The quantitative estimate of drug-likeness (QED) is 0.301. The van der Waals surface area contributed by atoms with E-state index in [4.69, 9.17) is 33.7 Å². The molecule has 5 rings (SSSR count). The Morgan fingerprint density at radius 1 is 0.824 bits per heavy atom. The van der Waals surface area contributed by atoms with Crippen LogP contribution >= 0.6 is 23.8 Å². The smallest absolute Gasteiger partial charge is 0.194 e. The van der Waals surface area contributed by atoms with Crippen LogP contribution in [0, 0.1) is 0 Å². The summed E-state index contributed by atoms with van der Waals surface area (Å²) in [6.07, 6.45) is 0. The number of anilines is 1. The minimum absolute atomic E-state index is 0.0843. The van der Waals surface area contributed by atoms with E-state index in [1.54, 1.807) is 0 Å². The lowest BCUT2D eigenvalue weighted by Gasteiger charge is -2.18. The number of ether oxygens (including phenoxy) is 1. The lowest BCUT2D eigenvalue weighted by Crippen LogP contribution is -2.30. The molecule has 0 fully saturated rings. The number of thiocarbonyl (C=S) groups is 1. The highest BCUT2D eigenvalue weighted by Gasteiger charge is 2.31. The Morgan fingerprint density at radius 3 is 2.12 bits per heavy atom. The van der Waals surface area contributed by atoms with E-state index in [9.17, 15) is 0 Å². The van der Waals surface area contributed by atoms with Crippen LogP contribution in [0.1, 0.15) is 17.0 Å². The first-order valence-corrected chi connectivity index (χ1v) is 11.8. The van der Waals surface area contributed by atoms with Gasteiger partial charge in [-0.3, -0.25) is 0 Å². The molecule has 0 saturated heterocycles. The number of hydrogen-bond donors (Lipinski definition) is 1. The van der Waals surface area contributed by atoms with Gasteiger partial charge in [-0.25, -0.2) is 5.01 Å². The number of hydrazone groups is 1. The molecule has 0 spiro atoms. The molecule has 1 aliphatic rings. The highest BCUT2D eigenvalue weighted by molar-refractivity contribution is 7.80. The topological polar surface area (TPSA) is 36.9 Å². The van der Waals surface area contributed by atoms with Crippen molar-refractivity contribution in [2.75, 3.05) is 11.9 Å².